The van der Waals surface area contributed by atoms with Gasteiger partial charge >= 0.3 is 0 Å². The van der Waals surface area contributed by atoms with Gasteiger partial charge in [-0.25, -0.2) is 0 Å². The first-order chi connectivity index (χ1) is 11.7. The lowest BCUT2D eigenvalue weighted by Gasteiger charge is -2.34. The summed E-state index contributed by atoms with van der Waals surface area (Å²) in [5.74, 6) is 0.824. The molecular formula is C19H25NO3S. The van der Waals surface area contributed by atoms with Crippen LogP contribution in [0.2, 0.25) is 0 Å². The van der Waals surface area contributed by atoms with Crippen molar-refractivity contribution >= 4 is 11.3 Å². The van der Waals surface area contributed by atoms with E-state index in [1.807, 2.05) is 35.6 Å². The van der Waals surface area contributed by atoms with E-state index < -0.39 is 6.10 Å². The van der Waals surface area contributed by atoms with Crippen molar-refractivity contribution in [2.75, 3.05) is 26.8 Å². The first-order valence-corrected chi connectivity index (χ1v) is 9.24. The molecule has 24 heavy (non-hydrogen) atoms. The molecule has 2 aromatic rings. The van der Waals surface area contributed by atoms with Crippen molar-refractivity contribution < 1.29 is 14.6 Å². The molecule has 0 saturated heterocycles. The highest BCUT2D eigenvalue weighted by molar-refractivity contribution is 7.10. The van der Waals surface area contributed by atoms with Crippen molar-refractivity contribution in [2.24, 2.45) is 0 Å². The van der Waals surface area contributed by atoms with Crippen LogP contribution < -0.4 is 4.74 Å². The molecule has 3 rings (SSSR count). The quantitative estimate of drug-likeness (QED) is 0.835. The number of nitrogens with zero attached hydrogens (tertiary/aromatic N) is 1. The summed E-state index contributed by atoms with van der Waals surface area (Å²) in [6, 6.07) is 10.4. The Morgan fingerprint density at radius 1 is 1.38 bits per heavy atom. The van der Waals surface area contributed by atoms with Crippen LogP contribution in [-0.2, 0) is 17.8 Å². The van der Waals surface area contributed by atoms with E-state index in [1.165, 1.54) is 10.4 Å². The molecule has 1 aliphatic rings. The predicted molar refractivity (Wildman–Crippen MR) is 96.7 cm³/mol. The molecule has 4 nitrogen and oxygen atoms in total. The van der Waals surface area contributed by atoms with E-state index in [1.54, 1.807) is 7.11 Å². The molecule has 0 saturated carbocycles. The van der Waals surface area contributed by atoms with E-state index in [2.05, 4.69) is 23.3 Å². The molecule has 5 heteroatoms. The van der Waals surface area contributed by atoms with Crippen LogP contribution in [-0.4, -0.2) is 42.9 Å². The van der Waals surface area contributed by atoms with Crippen molar-refractivity contribution in [3.8, 4) is 5.75 Å². The Balaban J connectivity index is 1.45. The Morgan fingerprint density at radius 3 is 3.08 bits per heavy atom. The molecule has 1 N–H and O–H groups in total. The largest absolute Gasteiger partial charge is 0.497 e. The van der Waals surface area contributed by atoms with Gasteiger partial charge in [-0.1, -0.05) is 12.1 Å². The lowest BCUT2D eigenvalue weighted by Crippen LogP contribution is -2.40. The lowest BCUT2D eigenvalue weighted by atomic mass is 10.0. The summed E-state index contributed by atoms with van der Waals surface area (Å²) in [5, 5.41) is 12.5. The van der Waals surface area contributed by atoms with E-state index in [-0.39, 0.29) is 0 Å². The maximum atomic E-state index is 10.3. The second kappa shape index (κ2) is 8.12. The summed E-state index contributed by atoms with van der Waals surface area (Å²) >= 11 is 1.84. The molecule has 0 amide bonds. The zero-order chi connectivity index (χ0) is 16.9. The molecule has 2 atom stereocenters. The molecule has 0 radical (unpaired) electrons. The summed E-state index contributed by atoms with van der Waals surface area (Å²) in [7, 11) is 1.66. The van der Waals surface area contributed by atoms with E-state index in [0.717, 1.165) is 24.3 Å². The van der Waals surface area contributed by atoms with Crippen LogP contribution in [0.5, 0.6) is 5.75 Å². The van der Waals surface area contributed by atoms with Crippen LogP contribution in [0.4, 0.5) is 0 Å². The molecule has 0 aliphatic carbocycles. The number of aliphatic hydroxyl groups is 1. The molecule has 0 unspecified atom stereocenters. The van der Waals surface area contributed by atoms with E-state index in [9.17, 15) is 5.11 Å². The molecule has 1 aliphatic heterocycles. The lowest BCUT2D eigenvalue weighted by molar-refractivity contribution is 0.00222. The number of β-amino-alcohol motifs (C(OH)–C–C–N with tert-alkyl or cyclic N) is 1. The topological polar surface area (TPSA) is 41.9 Å². The molecule has 130 valence electrons. The molecule has 2 heterocycles. The highest BCUT2D eigenvalue weighted by Gasteiger charge is 2.26. The monoisotopic (exact) mass is 347 g/mol. The summed E-state index contributed by atoms with van der Waals surface area (Å²) in [6.45, 7) is 4.69. The van der Waals surface area contributed by atoms with Crippen LogP contribution in [0.15, 0.2) is 35.7 Å². The van der Waals surface area contributed by atoms with Crippen molar-refractivity contribution in [3.63, 3.8) is 0 Å². The number of thiophene rings is 1. The predicted octanol–water partition coefficient (Wildman–Crippen LogP) is 3.25. The second-order valence-corrected chi connectivity index (χ2v) is 7.24. The Morgan fingerprint density at radius 2 is 2.25 bits per heavy atom. The summed E-state index contributed by atoms with van der Waals surface area (Å²) in [5.41, 5.74) is 2.46. The van der Waals surface area contributed by atoms with Crippen molar-refractivity contribution in [1.29, 1.82) is 0 Å². The number of hydrogen-bond donors (Lipinski definition) is 1. The fourth-order valence-corrected chi connectivity index (χ4v) is 4.17. The number of benzene rings is 1. The SMILES string of the molecule is COc1cccc(COC[C@H](O)CN2CCc3sccc3[C@H]2C)c1. The van der Waals surface area contributed by atoms with Crippen LogP contribution in [0, 0.1) is 0 Å². The first-order valence-electron chi connectivity index (χ1n) is 8.36. The van der Waals surface area contributed by atoms with E-state index in [4.69, 9.17) is 9.47 Å². The Hall–Kier alpha value is -1.40. The fraction of sp³-hybridized carbons (Fsp3) is 0.474. The van der Waals surface area contributed by atoms with Gasteiger partial charge in [0.1, 0.15) is 5.75 Å². The minimum absolute atomic E-state index is 0.344. The molecule has 0 fully saturated rings. The minimum Gasteiger partial charge on any atom is -0.497 e. The Bertz CT molecular complexity index is 658. The maximum Gasteiger partial charge on any atom is 0.119 e. The molecule has 0 spiro atoms. The van der Waals surface area contributed by atoms with E-state index in [0.29, 0.717) is 25.8 Å². The second-order valence-electron chi connectivity index (χ2n) is 6.24. The Kier molecular flexibility index (Phi) is 5.89. The zero-order valence-electron chi connectivity index (χ0n) is 14.3. The standard InChI is InChI=1S/C19H25NO3S/c1-14-18-7-9-24-19(18)6-8-20(14)11-16(21)13-23-12-15-4-3-5-17(10-15)22-2/h3-5,7,9-10,14,16,21H,6,8,11-13H2,1-2H3/t14-,16-/m1/s1. The van der Waals surface area contributed by atoms with Gasteiger partial charge < -0.3 is 14.6 Å². The average molecular weight is 347 g/mol. The average Bonchev–Trinajstić information content (AvgIpc) is 3.07. The van der Waals surface area contributed by atoms with Gasteiger partial charge in [0, 0.05) is 24.0 Å². The number of fused-ring (bicyclic) bond motifs is 1. The van der Waals surface area contributed by atoms with Gasteiger partial charge in [-0.15, -0.1) is 11.3 Å². The van der Waals surface area contributed by atoms with Crippen molar-refractivity contribution in [1.82, 2.24) is 4.90 Å². The number of aliphatic hydroxyl groups excluding tert-OH is 1. The minimum atomic E-state index is -0.474. The fourth-order valence-electron chi connectivity index (χ4n) is 3.21. The van der Waals surface area contributed by atoms with Crippen molar-refractivity contribution in [3.05, 3.63) is 51.7 Å². The van der Waals surface area contributed by atoms with Gasteiger partial charge in [-0.3, -0.25) is 4.90 Å². The highest BCUT2D eigenvalue weighted by atomic mass is 32.1. The third kappa shape index (κ3) is 4.16. The molecule has 0 bridgehead atoms. The molecular weight excluding hydrogens is 322 g/mol. The summed E-state index contributed by atoms with van der Waals surface area (Å²) in [6.07, 6.45) is 0.604. The zero-order valence-corrected chi connectivity index (χ0v) is 15.1. The molecule has 1 aromatic heterocycles. The normalized spacial score (nSPS) is 19.0. The van der Waals surface area contributed by atoms with Gasteiger partial charge in [0.25, 0.3) is 0 Å². The maximum absolute atomic E-state index is 10.3. The van der Waals surface area contributed by atoms with Crippen LogP contribution >= 0.6 is 11.3 Å². The van der Waals surface area contributed by atoms with Gasteiger partial charge in [0.05, 0.1) is 26.4 Å². The van der Waals surface area contributed by atoms with Gasteiger partial charge in [-0.2, -0.15) is 0 Å². The third-order valence-corrected chi connectivity index (χ3v) is 5.56. The number of rotatable bonds is 7. The number of hydrogen-bond acceptors (Lipinski definition) is 5. The number of methoxy groups -OCH3 is 1. The van der Waals surface area contributed by atoms with Gasteiger partial charge in [-0.05, 0) is 48.1 Å². The van der Waals surface area contributed by atoms with Crippen LogP contribution in [0.25, 0.3) is 0 Å². The van der Waals surface area contributed by atoms with Crippen LogP contribution in [0.1, 0.15) is 29.0 Å². The van der Waals surface area contributed by atoms with Gasteiger partial charge in [0.2, 0.25) is 0 Å². The van der Waals surface area contributed by atoms with Gasteiger partial charge in [0.15, 0.2) is 0 Å². The first kappa shape index (κ1) is 17.4. The van der Waals surface area contributed by atoms with E-state index >= 15 is 0 Å². The number of ether oxygens (including phenoxy) is 2. The van der Waals surface area contributed by atoms with Crippen LogP contribution in [0.3, 0.4) is 0 Å². The Labute approximate surface area is 147 Å². The summed E-state index contributed by atoms with van der Waals surface area (Å²) < 4.78 is 10.9. The third-order valence-electron chi connectivity index (χ3n) is 4.56. The summed E-state index contributed by atoms with van der Waals surface area (Å²) in [4.78, 5) is 3.83. The highest BCUT2D eigenvalue weighted by Crippen LogP contribution is 2.32. The smallest absolute Gasteiger partial charge is 0.119 e. The molecule has 1 aromatic carbocycles. The van der Waals surface area contributed by atoms with Crippen molar-refractivity contribution in [2.45, 2.75) is 32.1 Å².